The van der Waals surface area contributed by atoms with Crippen LogP contribution in [0.1, 0.15) is 23.2 Å². The van der Waals surface area contributed by atoms with Crippen molar-refractivity contribution < 1.29 is 13.9 Å². The molecule has 0 saturated carbocycles. The standard InChI is InChI=1S/C19H21FN2O2/c1-24-18-6-3-11-22(13-18)17-9-7-16(8-10-17)21-19(23)14-4-2-5-15(20)12-14/h2,4-5,7-10,12,18H,3,6,11,13H2,1H3,(H,21,23)/t18-/m0/s1. The fraction of sp³-hybridized carbons (Fsp3) is 0.316. The van der Waals surface area contributed by atoms with Gasteiger partial charge in [0.05, 0.1) is 6.10 Å². The number of benzene rings is 2. The molecule has 0 unspecified atom stereocenters. The van der Waals surface area contributed by atoms with Crippen LogP contribution in [0.25, 0.3) is 0 Å². The predicted molar refractivity (Wildman–Crippen MR) is 93.0 cm³/mol. The first-order chi connectivity index (χ1) is 11.7. The van der Waals surface area contributed by atoms with Crippen LogP contribution < -0.4 is 10.2 Å². The average Bonchev–Trinajstić information content (AvgIpc) is 2.62. The summed E-state index contributed by atoms with van der Waals surface area (Å²) in [6.45, 7) is 1.89. The molecule has 3 rings (SSSR count). The van der Waals surface area contributed by atoms with E-state index in [0.29, 0.717) is 11.3 Å². The Hall–Kier alpha value is -2.40. The monoisotopic (exact) mass is 328 g/mol. The van der Waals surface area contributed by atoms with Crippen LogP contribution in [-0.4, -0.2) is 32.2 Å². The van der Waals surface area contributed by atoms with Gasteiger partial charge in [-0.15, -0.1) is 0 Å². The number of carbonyl (C=O) groups is 1. The smallest absolute Gasteiger partial charge is 0.255 e. The molecule has 1 N–H and O–H groups in total. The van der Waals surface area contributed by atoms with Gasteiger partial charge in [-0.2, -0.15) is 0 Å². The Balaban J connectivity index is 1.65. The highest BCUT2D eigenvalue weighted by Crippen LogP contribution is 2.23. The van der Waals surface area contributed by atoms with Gasteiger partial charge in [0, 0.05) is 37.1 Å². The zero-order chi connectivity index (χ0) is 16.9. The van der Waals surface area contributed by atoms with Gasteiger partial charge in [-0.3, -0.25) is 4.79 Å². The summed E-state index contributed by atoms with van der Waals surface area (Å²) in [6, 6.07) is 13.4. The summed E-state index contributed by atoms with van der Waals surface area (Å²) in [7, 11) is 1.75. The lowest BCUT2D eigenvalue weighted by atomic mass is 10.1. The maximum atomic E-state index is 13.2. The highest BCUT2D eigenvalue weighted by Gasteiger charge is 2.19. The summed E-state index contributed by atoms with van der Waals surface area (Å²) < 4.78 is 18.6. The fourth-order valence-electron chi connectivity index (χ4n) is 2.95. The molecule has 5 heteroatoms. The lowest BCUT2D eigenvalue weighted by Gasteiger charge is -2.33. The van der Waals surface area contributed by atoms with Crippen molar-refractivity contribution in [1.29, 1.82) is 0 Å². The molecule has 2 aromatic carbocycles. The van der Waals surface area contributed by atoms with E-state index in [-0.39, 0.29) is 12.0 Å². The first-order valence-corrected chi connectivity index (χ1v) is 8.10. The summed E-state index contributed by atoms with van der Waals surface area (Å²) in [4.78, 5) is 14.4. The summed E-state index contributed by atoms with van der Waals surface area (Å²) in [5, 5.41) is 2.79. The summed E-state index contributed by atoms with van der Waals surface area (Å²) in [5.74, 6) is -0.740. The zero-order valence-electron chi connectivity index (χ0n) is 13.7. The minimum atomic E-state index is -0.421. The second-order valence-electron chi connectivity index (χ2n) is 5.96. The Morgan fingerprint density at radius 2 is 2.04 bits per heavy atom. The van der Waals surface area contributed by atoms with E-state index < -0.39 is 5.82 Å². The third kappa shape index (κ3) is 3.92. The van der Waals surface area contributed by atoms with Gasteiger partial charge in [-0.05, 0) is 55.3 Å². The van der Waals surface area contributed by atoms with Crippen molar-refractivity contribution in [2.75, 3.05) is 30.4 Å². The number of nitrogens with zero attached hydrogens (tertiary/aromatic N) is 1. The second-order valence-corrected chi connectivity index (χ2v) is 5.96. The molecule has 1 aliphatic heterocycles. The van der Waals surface area contributed by atoms with E-state index >= 15 is 0 Å². The van der Waals surface area contributed by atoms with Gasteiger partial charge in [0.2, 0.25) is 0 Å². The largest absolute Gasteiger partial charge is 0.380 e. The molecule has 24 heavy (non-hydrogen) atoms. The molecule has 0 aliphatic carbocycles. The fourth-order valence-corrected chi connectivity index (χ4v) is 2.95. The van der Waals surface area contributed by atoms with Crippen LogP contribution in [0.2, 0.25) is 0 Å². The normalized spacial score (nSPS) is 17.6. The number of nitrogens with one attached hydrogen (secondary N) is 1. The van der Waals surface area contributed by atoms with Crippen molar-refractivity contribution in [1.82, 2.24) is 0 Å². The van der Waals surface area contributed by atoms with Gasteiger partial charge >= 0.3 is 0 Å². The molecule has 1 amide bonds. The van der Waals surface area contributed by atoms with Crippen molar-refractivity contribution in [2.45, 2.75) is 18.9 Å². The van der Waals surface area contributed by atoms with Crippen LogP contribution >= 0.6 is 0 Å². The third-order valence-corrected chi connectivity index (χ3v) is 4.29. The van der Waals surface area contributed by atoms with Gasteiger partial charge in [0.1, 0.15) is 5.82 Å². The maximum Gasteiger partial charge on any atom is 0.255 e. The molecule has 1 atom stereocenters. The number of rotatable bonds is 4. The van der Waals surface area contributed by atoms with E-state index in [0.717, 1.165) is 31.6 Å². The molecule has 0 bridgehead atoms. The van der Waals surface area contributed by atoms with Crippen LogP contribution in [0.15, 0.2) is 48.5 Å². The topological polar surface area (TPSA) is 41.6 Å². The van der Waals surface area contributed by atoms with E-state index in [2.05, 4.69) is 10.2 Å². The molecular weight excluding hydrogens is 307 g/mol. The van der Waals surface area contributed by atoms with Gasteiger partial charge in [0.15, 0.2) is 0 Å². The van der Waals surface area contributed by atoms with Gasteiger partial charge < -0.3 is 15.0 Å². The summed E-state index contributed by atoms with van der Waals surface area (Å²) >= 11 is 0. The summed E-state index contributed by atoms with van der Waals surface area (Å²) in [6.07, 6.45) is 2.47. The second kappa shape index (κ2) is 7.45. The summed E-state index contributed by atoms with van der Waals surface area (Å²) in [5.41, 5.74) is 2.10. The lowest BCUT2D eigenvalue weighted by Crippen LogP contribution is -2.39. The quantitative estimate of drug-likeness (QED) is 0.930. The molecule has 4 nitrogen and oxygen atoms in total. The highest BCUT2D eigenvalue weighted by molar-refractivity contribution is 6.04. The Bertz CT molecular complexity index is 703. The number of halogens is 1. The molecule has 1 fully saturated rings. The Kier molecular flexibility index (Phi) is 5.11. The van der Waals surface area contributed by atoms with Crippen LogP contribution in [0.5, 0.6) is 0 Å². The number of ether oxygens (including phenoxy) is 1. The molecule has 0 radical (unpaired) electrons. The third-order valence-electron chi connectivity index (χ3n) is 4.29. The molecule has 1 aliphatic rings. The maximum absolute atomic E-state index is 13.2. The number of amides is 1. The Morgan fingerprint density at radius 3 is 2.75 bits per heavy atom. The van der Waals surface area contributed by atoms with Crippen LogP contribution in [0, 0.1) is 5.82 Å². The van der Waals surface area contributed by atoms with Crippen LogP contribution in [-0.2, 0) is 4.74 Å². The molecule has 126 valence electrons. The molecular formula is C19H21FN2O2. The zero-order valence-corrected chi connectivity index (χ0v) is 13.7. The van der Waals surface area contributed by atoms with Gasteiger partial charge in [-0.1, -0.05) is 6.07 Å². The molecule has 2 aromatic rings. The van der Waals surface area contributed by atoms with Crippen LogP contribution in [0.3, 0.4) is 0 Å². The number of hydrogen-bond donors (Lipinski definition) is 1. The number of anilines is 2. The van der Waals surface area contributed by atoms with Crippen molar-refractivity contribution in [2.24, 2.45) is 0 Å². The van der Waals surface area contributed by atoms with E-state index in [4.69, 9.17) is 4.74 Å². The minimum Gasteiger partial charge on any atom is -0.380 e. The van der Waals surface area contributed by atoms with Crippen molar-refractivity contribution in [3.05, 3.63) is 59.9 Å². The minimum absolute atomic E-state index is 0.270. The van der Waals surface area contributed by atoms with Gasteiger partial charge in [-0.25, -0.2) is 4.39 Å². The molecule has 1 heterocycles. The number of piperidine rings is 1. The van der Waals surface area contributed by atoms with Gasteiger partial charge in [0.25, 0.3) is 5.91 Å². The first-order valence-electron chi connectivity index (χ1n) is 8.10. The molecule has 1 saturated heterocycles. The first kappa shape index (κ1) is 16.5. The lowest BCUT2D eigenvalue weighted by molar-refractivity contribution is 0.0893. The van der Waals surface area contributed by atoms with Crippen molar-refractivity contribution in [3.8, 4) is 0 Å². The Morgan fingerprint density at radius 1 is 1.25 bits per heavy atom. The molecule has 0 aromatic heterocycles. The number of hydrogen-bond acceptors (Lipinski definition) is 3. The SMILES string of the molecule is CO[C@H]1CCCN(c2ccc(NC(=O)c3cccc(F)c3)cc2)C1. The van der Waals surface area contributed by atoms with Crippen molar-refractivity contribution >= 4 is 17.3 Å². The Labute approximate surface area is 141 Å². The van der Waals surface area contributed by atoms with E-state index in [9.17, 15) is 9.18 Å². The van der Waals surface area contributed by atoms with E-state index in [1.807, 2.05) is 24.3 Å². The van der Waals surface area contributed by atoms with Crippen molar-refractivity contribution in [3.63, 3.8) is 0 Å². The van der Waals surface area contributed by atoms with Crippen LogP contribution in [0.4, 0.5) is 15.8 Å². The number of methoxy groups -OCH3 is 1. The highest BCUT2D eigenvalue weighted by atomic mass is 19.1. The predicted octanol–water partition coefficient (Wildman–Crippen LogP) is 3.69. The number of carbonyl (C=O) groups excluding carboxylic acids is 1. The van der Waals surface area contributed by atoms with E-state index in [1.54, 1.807) is 13.2 Å². The molecule has 0 spiro atoms. The average molecular weight is 328 g/mol. The van der Waals surface area contributed by atoms with E-state index in [1.165, 1.54) is 18.2 Å².